The summed E-state index contributed by atoms with van der Waals surface area (Å²) in [5.74, 6) is -0.392. The molecular weight excluding hydrogens is 400 g/mol. The predicted molar refractivity (Wildman–Crippen MR) is 118 cm³/mol. The van der Waals surface area contributed by atoms with Crippen molar-refractivity contribution in [1.82, 2.24) is 10.4 Å². The molecule has 0 spiro atoms. The van der Waals surface area contributed by atoms with Crippen LogP contribution in [0.4, 0.5) is 5.69 Å². The first-order valence-electron chi connectivity index (χ1n) is 9.20. The Labute approximate surface area is 176 Å². The summed E-state index contributed by atoms with van der Waals surface area (Å²) >= 11 is 0. The van der Waals surface area contributed by atoms with Gasteiger partial charge in [0.2, 0.25) is 10.0 Å². The van der Waals surface area contributed by atoms with Crippen molar-refractivity contribution >= 4 is 27.8 Å². The molecule has 3 rings (SSSR count). The minimum atomic E-state index is -3.50. The van der Waals surface area contributed by atoms with E-state index in [2.05, 4.69) is 15.5 Å². The Bertz CT molecular complexity index is 1130. The van der Waals surface area contributed by atoms with Gasteiger partial charge < -0.3 is 0 Å². The minimum absolute atomic E-state index is 0.209. The number of aromatic nitrogens is 1. The van der Waals surface area contributed by atoms with Crippen molar-refractivity contribution in [3.8, 4) is 0 Å². The third-order valence-electron chi connectivity index (χ3n) is 4.35. The molecule has 0 bridgehead atoms. The highest BCUT2D eigenvalue weighted by atomic mass is 32.2. The van der Waals surface area contributed by atoms with E-state index in [0.717, 1.165) is 22.9 Å². The van der Waals surface area contributed by atoms with Crippen LogP contribution in [-0.2, 0) is 16.6 Å². The highest BCUT2D eigenvalue weighted by Gasteiger charge is 2.18. The summed E-state index contributed by atoms with van der Waals surface area (Å²) in [5.41, 5.74) is 6.08. The monoisotopic (exact) mass is 422 g/mol. The number of benzene rings is 2. The molecule has 1 N–H and O–H groups in total. The first-order valence-corrected chi connectivity index (χ1v) is 11.0. The van der Waals surface area contributed by atoms with E-state index in [4.69, 9.17) is 0 Å². The second-order valence-electron chi connectivity index (χ2n) is 6.78. The number of hydrogen-bond donors (Lipinski definition) is 1. The smallest absolute Gasteiger partial charge is 0.267 e. The zero-order valence-electron chi connectivity index (χ0n) is 16.7. The number of rotatable bonds is 7. The fourth-order valence-electron chi connectivity index (χ4n) is 2.72. The van der Waals surface area contributed by atoms with Crippen LogP contribution in [0.5, 0.6) is 0 Å². The Kier molecular flexibility index (Phi) is 6.58. The maximum atomic E-state index is 12.3. The summed E-state index contributed by atoms with van der Waals surface area (Å²) in [4.78, 5) is 16.2. The lowest BCUT2D eigenvalue weighted by Gasteiger charge is -2.22. The van der Waals surface area contributed by atoms with Gasteiger partial charge in [-0.05, 0) is 54.4 Å². The number of sulfonamides is 1. The Hall–Kier alpha value is -3.52. The number of carbonyl (C=O) groups is 1. The Morgan fingerprint density at radius 2 is 1.67 bits per heavy atom. The van der Waals surface area contributed by atoms with E-state index < -0.39 is 15.9 Å². The molecule has 0 saturated carbocycles. The van der Waals surface area contributed by atoms with E-state index >= 15 is 0 Å². The van der Waals surface area contributed by atoms with Gasteiger partial charge in [0.25, 0.3) is 5.91 Å². The molecule has 154 valence electrons. The van der Waals surface area contributed by atoms with Crippen molar-refractivity contribution < 1.29 is 13.2 Å². The van der Waals surface area contributed by atoms with Crippen molar-refractivity contribution in [3.63, 3.8) is 0 Å². The van der Waals surface area contributed by atoms with E-state index in [1.165, 1.54) is 10.5 Å². The third kappa shape index (κ3) is 5.74. The Morgan fingerprint density at radius 1 is 1.03 bits per heavy atom. The molecule has 0 unspecified atom stereocenters. The lowest BCUT2D eigenvalue weighted by atomic mass is 10.1. The molecule has 1 heterocycles. The van der Waals surface area contributed by atoms with Gasteiger partial charge in [0.1, 0.15) is 0 Å². The number of nitrogens with one attached hydrogen (secondary N) is 1. The van der Waals surface area contributed by atoms with Gasteiger partial charge in [-0.3, -0.25) is 14.1 Å². The van der Waals surface area contributed by atoms with Crippen LogP contribution in [0.1, 0.15) is 27.0 Å². The molecule has 0 atom stereocenters. The van der Waals surface area contributed by atoms with Gasteiger partial charge in [0, 0.05) is 18.0 Å². The summed E-state index contributed by atoms with van der Waals surface area (Å²) in [5, 5.41) is 3.92. The largest absolute Gasteiger partial charge is 0.271 e. The average Bonchev–Trinajstić information content (AvgIpc) is 2.73. The van der Waals surface area contributed by atoms with Gasteiger partial charge in [-0.2, -0.15) is 5.10 Å². The fraction of sp³-hybridized carbons (Fsp3) is 0.136. The van der Waals surface area contributed by atoms with Crippen LogP contribution in [-0.4, -0.2) is 31.8 Å². The van der Waals surface area contributed by atoms with E-state index in [-0.39, 0.29) is 6.54 Å². The first-order chi connectivity index (χ1) is 14.3. The molecule has 30 heavy (non-hydrogen) atoms. The topological polar surface area (TPSA) is 91.7 Å². The second-order valence-corrected chi connectivity index (χ2v) is 8.69. The summed E-state index contributed by atoms with van der Waals surface area (Å²) < 4.78 is 25.9. The molecular formula is C22H22N4O3S. The van der Waals surface area contributed by atoms with Gasteiger partial charge in [0.15, 0.2) is 0 Å². The molecule has 0 fully saturated rings. The van der Waals surface area contributed by atoms with Crippen LogP contribution in [0, 0.1) is 6.92 Å². The van der Waals surface area contributed by atoms with Crippen molar-refractivity contribution in [2.45, 2.75) is 13.5 Å². The Morgan fingerprint density at radius 3 is 2.27 bits per heavy atom. The summed E-state index contributed by atoms with van der Waals surface area (Å²) in [6.07, 6.45) is 5.94. The lowest BCUT2D eigenvalue weighted by Crippen LogP contribution is -2.29. The maximum absolute atomic E-state index is 12.3. The molecule has 7 nitrogen and oxygen atoms in total. The molecule has 2 aromatic carbocycles. The van der Waals surface area contributed by atoms with Crippen molar-refractivity contribution in [2.75, 3.05) is 10.6 Å². The average molecular weight is 423 g/mol. The van der Waals surface area contributed by atoms with Crippen LogP contribution in [0.3, 0.4) is 0 Å². The molecule has 0 aliphatic heterocycles. The van der Waals surface area contributed by atoms with Gasteiger partial charge in [-0.25, -0.2) is 13.8 Å². The molecule has 1 amide bonds. The minimum Gasteiger partial charge on any atom is -0.267 e. The first kappa shape index (κ1) is 21.2. The number of nitrogens with zero attached hydrogens (tertiary/aromatic N) is 3. The Balaban J connectivity index is 1.72. The van der Waals surface area contributed by atoms with E-state index in [1.54, 1.807) is 48.8 Å². The maximum Gasteiger partial charge on any atom is 0.271 e. The highest BCUT2D eigenvalue weighted by Crippen LogP contribution is 2.21. The quantitative estimate of drug-likeness (QED) is 0.468. The molecule has 0 saturated heterocycles. The number of hydrazone groups is 1. The van der Waals surface area contributed by atoms with Crippen LogP contribution >= 0.6 is 0 Å². The third-order valence-corrected chi connectivity index (χ3v) is 5.49. The predicted octanol–water partition coefficient (Wildman–Crippen LogP) is 3.12. The number of carbonyl (C=O) groups excluding carboxylic acids is 1. The normalized spacial score (nSPS) is 11.4. The summed E-state index contributed by atoms with van der Waals surface area (Å²) in [7, 11) is -3.50. The van der Waals surface area contributed by atoms with E-state index in [9.17, 15) is 13.2 Å². The van der Waals surface area contributed by atoms with Gasteiger partial charge in [0.05, 0.1) is 24.7 Å². The SMILES string of the molecule is Cc1ccc(CN(c2ccc(C(=O)N/N=C\c3ccncc3)cc2)S(C)(=O)=O)cc1. The van der Waals surface area contributed by atoms with Gasteiger partial charge in [-0.1, -0.05) is 29.8 Å². The standard InChI is InChI=1S/C22H22N4O3S/c1-17-3-5-19(6-4-17)16-26(30(2,28)29)21-9-7-20(8-10-21)22(27)25-24-15-18-11-13-23-14-12-18/h3-15H,16H2,1-2H3,(H,25,27)/b24-15-. The second kappa shape index (κ2) is 9.32. The van der Waals surface area contributed by atoms with E-state index in [0.29, 0.717) is 11.3 Å². The number of anilines is 1. The van der Waals surface area contributed by atoms with Crippen LogP contribution in [0.25, 0.3) is 0 Å². The van der Waals surface area contributed by atoms with Crippen molar-refractivity contribution in [2.24, 2.45) is 5.10 Å². The molecule has 0 radical (unpaired) electrons. The summed E-state index contributed by atoms with van der Waals surface area (Å²) in [6.45, 7) is 2.18. The zero-order valence-corrected chi connectivity index (χ0v) is 17.5. The van der Waals surface area contributed by atoms with Gasteiger partial charge >= 0.3 is 0 Å². The zero-order chi connectivity index (χ0) is 21.6. The summed E-state index contributed by atoms with van der Waals surface area (Å²) in [6, 6.07) is 17.6. The lowest BCUT2D eigenvalue weighted by molar-refractivity contribution is 0.0955. The highest BCUT2D eigenvalue weighted by molar-refractivity contribution is 7.92. The molecule has 3 aromatic rings. The van der Waals surface area contributed by atoms with Gasteiger partial charge in [-0.15, -0.1) is 0 Å². The number of amides is 1. The van der Waals surface area contributed by atoms with E-state index in [1.807, 2.05) is 31.2 Å². The van der Waals surface area contributed by atoms with Crippen molar-refractivity contribution in [3.05, 3.63) is 95.3 Å². The van der Waals surface area contributed by atoms with Crippen LogP contribution < -0.4 is 9.73 Å². The molecule has 0 aliphatic rings. The molecule has 8 heteroatoms. The number of pyridine rings is 1. The molecule has 0 aliphatic carbocycles. The fourth-order valence-corrected chi connectivity index (χ4v) is 3.61. The van der Waals surface area contributed by atoms with Crippen molar-refractivity contribution in [1.29, 1.82) is 0 Å². The van der Waals surface area contributed by atoms with Crippen LogP contribution in [0.15, 0.2) is 78.2 Å². The van der Waals surface area contributed by atoms with Crippen LogP contribution in [0.2, 0.25) is 0 Å². The number of aryl methyl sites for hydroxylation is 1. The molecule has 1 aromatic heterocycles. The number of hydrogen-bond acceptors (Lipinski definition) is 5.